The van der Waals surface area contributed by atoms with Crippen LogP contribution >= 0.6 is 0 Å². The number of nitrogens with zero attached hydrogens (tertiary/aromatic N) is 2. The van der Waals surface area contributed by atoms with Gasteiger partial charge in [0, 0.05) is 12.1 Å². The second-order valence-electron chi connectivity index (χ2n) is 3.95. The van der Waals surface area contributed by atoms with E-state index in [0.717, 1.165) is 12.8 Å². The van der Waals surface area contributed by atoms with E-state index >= 15 is 0 Å². The molecule has 1 N–H and O–H groups in total. The van der Waals surface area contributed by atoms with Gasteiger partial charge in [0.05, 0.1) is 6.54 Å². The quantitative estimate of drug-likeness (QED) is 0.547. The Labute approximate surface area is 99.5 Å². The number of aliphatic carboxylic acids is 1. The van der Waals surface area contributed by atoms with Crippen LogP contribution in [0.2, 0.25) is 0 Å². The highest BCUT2D eigenvalue weighted by Gasteiger charge is 2.35. The van der Waals surface area contributed by atoms with Crippen molar-refractivity contribution in [3.63, 3.8) is 0 Å². The average molecular weight is 240 g/mol. The van der Waals surface area contributed by atoms with Crippen molar-refractivity contribution in [2.24, 2.45) is 0 Å². The largest absolute Gasteiger partial charge is 0.478 e. The first-order valence-corrected chi connectivity index (χ1v) is 5.47. The molecule has 0 aliphatic carbocycles. The van der Waals surface area contributed by atoms with Gasteiger partial charge in [0.25, 0.3) is 0 Å². The van der Waals surface area contributed by atoms with Crippen LogP contribution in [0.25, 0.3) is 0 Å². The highest BCUT2D eigenvalue weighted by atomic mass is 16.4. The Morgan fingerprint density at radius 1 is 1.47 bits per heavy atom. The molecule has 0 aromatic heterocycles. The smallest absolute Gasteiger partial charge is 0.332 e. The third-order valence-electron chi connectivity index (χ3n) is 2.55. The van der Waals surface area contributed by atoms with Gasteiger partial charge in [-0.25, -0.2) is 9.59 Å². The molecule has 0 bridgehead atoms. The zero-order valence-electron chi connectivity index (χ0n) is 9.81. The summed E-state index contributed by atoms with van der Waals surface area (Å²) in [6, 6.07) is -0.425. The number of carboxylic acids is 1. The van der Waals surface area contributed by atoms with Crippen LogP contribution in [-0.2, 0) is 9.59 Å². The molecule has 6 heteroatoms. The summed E-state index contributed by atoms with van der Waals surface area (Å²) in [6.07, 6.45) is 1.64. The fourth-order valence-corrected chi connectivity index (χ4v) is 1.55. The molecule has 0 unspecified atom stereocenters. The number of hydrogen-bond acceptors (Lipinski definition) is 3. The molecule has 0 radical (unpaired) electrons. The molecule has 0 saturated carbocycles. The Balaban J connectivity index is 2.61. The lowest BCUT2D eigenvalue weighted by molar-refractivity contribution is -0.133. The van der Waals surface area contributed by atoms with E-state index in [1.165, 1.54) is 9.80 Å². The van der Waals surface area contributed by atoms with E-state index in [1.54, 1.807) is 0 Å². The molecule has 0 aromatic carbocycles. The first-order chi connectivity index (χ1) is 7.97. The van der Waals surface area contributed by atoms with Gasteiger partial charge >= 0.3 is 12.0 Å². The number of hydrogen-bond donors (Lipinski definition) is 1. The summed E-state index contributed by atoms with van der Waals surface area (Å²) in [6.45, 7) is 5.53. The number of rotatable bonds is 6. The van der Waals surface area contributed by atoms with E-state index in [9.17, 15) is 14.4 Å². The van der Waals surface area contributed by atoms with Crippen LogP contribution < -0.4 is 0 Å². The highest BCUT2D eigenvalue weighted by molar-refractivity contribution is 6.02. The molecule has 6 nitrogen and oxygen atoms in total. The second-order valence-corrected chi connectivity index (χ2v) is 3.95. The van der Waals surface area contributed by atoms with Crippen LogP contribution in [-0.4, -0.2) is 52.4 Å². The van der Waals surface area contributed by atoms with Crippen molar-refractivity contribution in [3.05, 3.63) is 12.2 Å². The molecule has 1 aliphatic heterocycles. The number of unbranched alkanes of at least 4 members (excludes halogenated alkanes) is 1. The number of urea groups is 1. The SMILES string of the molecule is C=C(CN1CC(=O)N(CCCC)C1=O)C(=O)O. The van der Waals surface area contributed by atoms with Crippen LogP contribution in [0.1, 0.15) is 19.8 Å². The lowest BCUT2D eigenvalue weighted by Gasteiger charge is -2.16. The van der Waals surface area contributed by atoms with Gasteiger partial charge in [-0.3, -0.25) is 9.69 Å². The van der Waals surface area contributed by atoms with E-state index in [2.05, 4.69) is 6.58 Å². The van der Waals surface area contributed by atoms with Crippen molar-refractivity contribution in [2.75, 3.05) is 19.6 Å². The molecule has 1 fully saturated rings. The van der Waals surface area contributed by atoms with Gasteiger partial charge in [-0.05, 0) is 6.42 Å². The molecule has 0 aromatic rings. The summed E-state index contributed by atoms with van der Waals surface area (Å²) in [5.74, 6) is -1.43. The van der Waals surface area contributed by atoms with Gasteiger partial charge in [0.2, 0.25) is 5.91 Å². The van der Waals surface area contributed by atoms with Gasteiger partial charge < -0.3 is 10.0 Å². The predicted molar refractivity (Wildman–Crippen MR) is 60.4 cm³/mol. The molecule has 94 valence electrons. The molecule has 3 amide bonds. The van der Waals surface area contributed by atoms with Gasteiger partial charge in [-0.15, -0.1) is 0 Å². The fraction of sp³-hybridized carbons (Fsp3) is 0.545. The van der Waals surface area contributed by atoms with Crippen molar-refractivity contribution in [3.8, 4) is 0 Å². The monoisotopic (exact) mass is 240 g/mol. The molecule has 1 heterocycles. The molecule has 17 heavy (non-hydrogen) atoms. The Morgan fingerprint density at radius 2 is 2.12 bits per heavy atom. The number of carboxylic acid groups (broad SMARTS) is 1. The minimum Gasteiger partial charge on any atom is -0.478 e. The Kier molecular flexibility index (Phi) is 4.25. The lowest BCUT2D eigenvalue weighted by atomic mass is 10.3. The Hall–Kier alpha value is -1.85. The van der Waals surface area contributed by atoms with Crippen molar-refractivity contribution in [1.82, 2.24) is 9.80 Å². The third kappa shape index (κ3) is 3.05. The van der Waals surface area contributed by atoms with Crippen LogP contribution in [0.3, 0.4) is 0 Å². The zero-order valence-corrected chi connectivity index (χ0v) is 9.81. The fourth-order valence-electron chi connectivity index (χ4n) is 1.55. The molecule has 1 saturated heterocycles. The topological polar surface area (TPSA) is 77.9 Å². The summed E-state index contributed by atoms with van der Waals surface area (Å²) >= 11 is 0. The number of carbonyl (C=O) groups is 3. The van der Waals surface area contributed by atoms with Crippen molar-refractivity contribution in [2.45, 2.75) is 19.8 Å². The van der Waals surface area contributed by atoms with E-state index in [-0.39, 0.29) is 24.6 Å². The van der Waals surface area contributed by atoms with Gasteiger partial charge in [0.15, 0.2) is 0 Å². The Bertz CT molecular complexity index is 364. The van der Waals surface area contributed by atoms with Crippen LogP contribution in [0.5, 0.6) is 0 Å². The third-order valence-corrected chi connectivity index (χ3v) is 2.55. The maximum Gasteiger partial charge on any atom is 0.332 e. The first-order valence-electron chi connectivity index (χ1n) is 5.47. The second kappa shape index (κ2) is 5.47. The van der Waals surface area contributed by atoms with Crippen molar-refractivity contribution >= 4 is 17.9 Å². The summed E-state index contributed by atoms with van der Waals surface area (Å²) in [7, 11) is 0. The highest BCUT2D eigenvalue weighted by Crippen LogP contribution is 2.12. The first kappa shape index (κ1) is 13.2. The minimum absolute atomic E-state index is 0.0607. The molecular formula is C11H16N2O4. The molecule has 1 rings (SSSR count). The molecular weight excluding hydrogens is 224 g/mol. The van der Waals surface area contributed by atoms with E-state index in [0.29, 0.717) is 6.54 Å². The standard InChI is InChI=1S/C11H16N2O4/c1-3-4-5-13-9(14)7-12(11(13)17)6-8(2)10(15)16/h2-7H2,1H3,(H,15,16). The van der Waals surface area contributed by atoms with Crippen LogP contribution in [0, 0.1) is 0 Å². The van der Waals surface area contributed by atoms with E-state index in [1.807, 2.05) is 6.92 Å². The van der Waals surface area contributed by atoms with Gasteiger partial charge in [-0.2, -0.15) is 0 Å². The molecule has 1 aliphatic rings. The van der Waals surface area contributed by atoms with Crippen molar-refractivity contribution in [1.29, 1.82) is 0 Å². The van der Waals surface area contributed by atoms with Gasteiger partial charge in [0.1, 0.15) is 6.54 Å². The predicted octanol–water partition coefficient (Wildman–Crippen LogP) is 0.692. The Morgan fingerprint density at radius 3 is 2.65 bits per heavy atom. The molecule has 0 atom stereocenters. The summed E-state index contributed by atoms with van der Waals surface area (Å²) < 4.78 is 0. The normalized spacial score (nSPS) is 15.6. The zero-order chi connectivity index (χ0) is 13.0. The summed E-state index contributed by atoms with van der Waals surface area (Å²) in [4.78, 5) is 36.3. The summed E-state index contributed by atoms with van der Waals surface area (Å²) in [5.41, 5.74) is -0.0940. The average Bonchev–Trinajstić information content (AvgIpc) is 2.52. The van der Waals surface area contributed by atoms with Crippen LogP contribution in [0.4, 0.5) is 4.79 Å². The number of amides is 3. The lowest BCUT2D eigenvalue weighted by Crippen LogP contribution is -2.35. The maximum atomic E-state index is 11.8. The van der Waals surface area contributed by atoms with E-state index < -0.39 is 12.0 Å². The number of imide groups is 1. The number of carbonyl (C=O) groups excluding carboxylic acids is 2. The van der Waals surface area contributed by atoms with Crippen LogP contribution in [0.15, 0.2) is 12.2 Å². The van der Waals surface area contributed by atoms with E-state index in [4.69, 9.17) is 5.11 Å². The van der Waals surface area contributed by atoms with Gasteiger partial charge in [-0.1, -0.05) is 19.9 Å². The summed E-state index contributed by atoms with van der Waals surface area (Å²) in [5, 5.41) is 8.67. The minimum atomic E-state index is -1.16. The maximum absolute atomic E-state index is 11.8. The van der Waals surface area contributed by atoms with Crippen molar-refractivity contribution < 1.29 is 19.5 Å². The molecule has 0 spiro atoms.